The molecule has 114 valence electrons. The molecule has 1 aromatic heterocycles. The van der Waals surface area contributed by atoms with Crippen LogP contribution >= 0.6 is 0 Å². The minimum absolute atomic E-state index is 0.460. The summed E-state index contributed by atoms with van der Waals surface area (Å²) in [5, 5.41) is 3.58. The van der Waals surface area contributed by atoms with Gasteiger partial charge in [-0.05, 0) is 33.2 Å². The normalized spacial score (nSPS) is 19.4. The van der Waals surface area contributed by atoms with Gasteiger partial charge in [-0.15, -0.1) is 0 Å². The molecule has 5 heteroatoms. The van der Waals surface area contributed by atoms with Gasteiger partial charge in [-0.25, -0.2) is 4.98 Å². The third kappa shape index (κ3) is 4.30. The Morgan fingerprint density at radius 3 is 3.05 bits per heavy atom. The zero-order valence-electron chi connectivity index (χ0n) is 13.0. The van der Waals surface area contributed by atoms with Crippen molar-refractivity contribution in [1.29, 1.82) is 0 Å². The summed E-state index contributed by atoms with van der Waals surface area (Å²) in [6.07, 6.45) is 6.50. The van der Waals surface area contributed by atoms with Crippen LogP contribution in [0.1, 0.15) is 38.4 Å². The first kappa shape index (κ1) is 15.5. The van der Waals surface area contributed by atoms with E-state index in [1.54, 1.807) is 7.11 Å². The van der Waals surface area contributed by atoms with Crippen molar-refractivity contribution in [2.45, 2.75) is 45.3 Å². The van der Waals surface area contributed by atoms with Crippen molar-refractivity contribution in [1.82, 2.24) is 19.8 Å². The Kier molecular flexibility index (Phi) is 6.01. The second-order valence-corrected chi connectivity index (χ2v) is 5.91. The molecule has 1 saturated heterocycles. The maximum absolute atomic E-state index is 5.25. The van der Waals surface area contributed by atoms with Gasteiger partial charge in [0.1, 0.15) is 0 Å². The minimum atomic E-state index is 0.460. The van der Waals surface area contributed by atoms with Crippen LogP contribution in [0.4, 0.5) is 0 Å². The highest BCUT2D eigenvalue weighted by Gasteiger charge is 2.19. The van der Waals surface area contributed by atoms with Crippen LogP contribution in [-0.4, -0.2) is 53.8 Å². The van der Waals surface area contributed by atoms with Crippen LogP contribution in [0, 0.1) is 0 Å². The number of hydrogen-bond acceptors (Lipinski definition) is 4. The molecule has 0 amide bonds. The summed E-state index contributed by atoms with van der Waals surface area (Å²) >= 11 is 0. The fourth-order valence-corrected chi connectivity index (χ4v) is 2.83. The van der Waals surface area contributed by atoms with E-state index in [4.69, 9.17) is 4.74 Å². The number of nitrogens with zero attached hydrogens (tertiary/aromatic N) is 3. The van der Waals surface area contributed by atoms with Crippen molar-refractivity contribution >= 4 is 0 Å². The van der Waals surface area contributed by atoms with E-state index in [9.17, 15) is 0 Å². The number of rotatable bonds is 8. The van der Waals surface area contributed by atoms with E-state index < -0.39 is 0 Å². The highest BCUT2D eigenvalue weighted by molar-refractivity contribution is 5.00. The van der Waals surface area contributed by atoms with Crippen molar-refractivity contribution < 1.29 is 4.74 Å². The molecule has 1 aliphatic heterocycles. The van der Waals surface area contributed by atoms with E-state index in [2.05, 4.69) is 33.6 Å². The quantitative estimate of drug-likeness (QED) is 0.786. The Hall–Kier alpha value is -0.910. The molecule has 0 aromatic carbocycles. The summed E-state index contributed by atoms with van der Waals surface area (Å²) in [6, 6.07) is 1.09. The Morgan fingerprint density at radius 1 is 1.55 bits per heavy atom. The van der Waals surface area contributed by atoms with Crippen LogP contribution in [0.15, 0.2) is 12.5 Å². The van der Waals surface area contributed by atoms with Crippen LogP contribution in [0.3, 0.4) is 0 Å². The zero-order chi connectivity index (χ0) is 14.4. The van der Waals surface area contributed by atoms with Gasteiger partial charge in [0.2, 0.25) is 0 Å². The highest BCUT2D eigenvalue weighted by Crippen LogP contribution is 2.13. The molecule has 1 fully saturated rings. The molecule has 0 spiro atoms. The standard InChI is InChI=1S/C15H28N4O/c1-13(2)19-12-16-9-15(19)11-18(7-8-20-3)10-14-5-4-6-17-14/h9,12-14,17H,4-8,10-11H2,1-3H3. The smallest absolute Gasteiger partial charge is 0.0951 e. The van der Waals surface area contributed by atoms with Gasteiger partial charge in [-0.2, -0.15) is 0 Å². The molecule has 1 unspecified atom stereocenters. The fraction of sp³-hybridized carbons (Fsp3) is 0.800. The number of aromatic nitrogens is 2. The van der Waals surface area contributed by atoms with Crippen LogP contribution in [0.5, 0.6) is 0 Å². The van der Waals surface area contributed by atoms with Gasteiger partial charge in [0.15, 0.2) is 0 Å². The fourth-order valence-electron chi connectivity index (χ4n) is 2.83. The number of imidazole rings is 1. The highest BCUT2D eigenvalue weighted by atomic mass is 16.5. The van der Waals surface area contributed by atoms with Crippen LogP contribution in [0.2, 0.25) is 0 Å². The molecule has 1 aromatic rings. The maximum atomic E-state index is 5.25. The Balaban J connectivity index is 1.96. The predicted molar refractivity (Wildman–Crippen MR) is 80.8 cm³/mol. The molecule has 0 bridgehead atoms. The van der Waals surface area contributed by atoms with Gasteiger partial charge in [0.25, 0.3) is 0 Å². The third-order valence-electron chi connectivity index (χ3n) is 3.94. The summed E-state index contributed by atoms with van der Waals surface area (Å²) in [7, 11) is 1.77. The number of nitrogens with one attached hydrogen (secondary N) is 1. The Morgan fingerprint density at radius 2 is 2.40 bits per heavy atom. The summed E-state index contributed by atoms with van der Waals surface area (Å²) in [4.78, 5) is 6.77. The van der Waals surface area contributed by atoms with Gasteiger partial charge in [0.05, 0.1) is 18.6 Å². The number of methoxy groups -OCH3 is 1. The van der Waals surface area contributed by atoms with Crippen molar-refractivity contribution in [3.63, 3.8) is 0 Å². The summed E-state index contributed by atoms with van der Waals surface area (Å²) in [5.74, 6) is 0. The van der Waals surface area contributed by atoms with E-state index >= 15 is 0 Å². The molecule has 2 rings (SSSR count). The first-order chi connectivity index (χ1) is 9.70. The molecule has 0 radical (unpaired) electrons. The molecule has 1 atom stereocenters. The Bertz CT molecular complexity index is 385. The van der Waals surface area contributed by atoms with E-state index in [-0.39, 0.29) is 0 Å². The third-order valence-corrected chi connectivity index (χ3v) is 3.94. The second kappa shape index (κ2) is 7.76. The average molecular weight is 280 g/mol. The Labute approximate surface area is 122 Å². The maximum Gasteiger partial charge on any atom is 0.0951 e. The van der Waals surface area contributed by atoms with Crippen LogP contribution in [-0.2, 0) is 11.3 Å². The zero-order valence-corrected chi connectivity index (χ0v) is 13.0. The van der Waals surface area contributed by atoms with E-state index in [1.807, 2.05) is 12.5 Å². The van der Waals surface area contributed by atoms with Gasteiger partial charge in [0, 0.05) is 45.0 Å². The average Bonchev–Trinajstić information content (AvgIpc) is 3.07. The van der Waals surface area contributed by atoms with E-state index in [0.29, 0.717) is 12.1 Å². The van der Waals surface area contributed by atoms with Crippen LogP contribution in [0.25, 0.3) is 0 Å². The lowest BCUT2D eigenvalue weighted by Gasteiger charge is -2.26. The minimum Gasteiger partial charge on any atom is -0.383 e. The van der Waals surface area contributed by atoms with Gasteiger partial charge in [-0.1, -0.05) is 0 Å². The summed E-state index contributed by atoms with van der Waals surface area (Å²) < 4.78 is 7.50. The monoisotopic (exact) mass is 280 g/mol. The largest absolute Gasteiger partial charge is 0.383 e. The molecular weight excluding hydrogens is 252 g/mol. The molecule has 20 heavy (non-hydrogen) atoms. The lowest BCUT2D eigenvalue weighted by atomic mass is 10.2. The van der Waals surface area contributed by atoms with Crippen molar-refractivity contribution in [2.75, 3.05) is 33.4 Å². The second-order valence-electron chi connectivity index (χ2n) is 5.91. The molecule has 2 heterocycles. The lowest BCUT2D eigenvalue weighted by molar-refractivity contribution is 0.136. The number of ether oxygens (including phenoxy) is 1. The molecular formula is C15H28N4O. The molecule has 1 N–H and O–H groups in total. The van der Waals surface area contributed by atoms with E-state index in [0.717, 1.165) is 32.8 Å². The van der Waals surface area contributed by atoms with Crippen LogP contribution < -0.4 is 5.32 Å². The SMILES string of the molecule is COCCN(Cc1cncn1C(C)C)CC1CCCN1. The first-order valence-electron chi connectivity index (χ1n) is 7.66. The van der Waals surface area contributed by atoms with Crippen molar-refractivity contribution in [3.05, 3.63) is 18.2 Å². The first-order valence-corrected chi connectivity index (χ1v) is 7.66. The summed E-state index contributed by atoms with van der Waals surface area (Å²) in [6.45, 7) is 9.34. The predicted octanol–water partition coefficient (Wildman–Crippen LogP) is 1.66. The summed E-state index contributed by atoms with van der Waals surface area (Å²) in [5.41, 5.74) is 1.29. The molecule has 1 aliphatic rings. The number of hydrogen-bond donors (Lipinski definition) is 1. The molecule has 0 aliphatic carbocycles. The topological polar surface area (TPSA) is 42.3 Å². The van der Waals surface area contributed by atoms with Crippen molar-refractivity contribution in [2.24, 2.45) is 0 Å². The van der Waals surface area contributed by atoms with Crippen molar-refractivity contribution in [3.8, 4) is 0 Å². The van der Waals surface area contributed by atoms with Gasteiger partial charge in [-0.3, -0.25) is 4.90 Å². The molecule has 5 nitrogen and oxygen atoms in total. The van der Waals surface area contributed by atoms with Gasteiger partial charge >= 0.3 is 0 Å². The lowest BCUT2D eigenvalue weighted by Crippen LogP contribution is -2.39. The van der Waals surface area contributed by atoms with E-state index in [1.165, 1.54) is 18.5 Å². The molecule has 0 saturated carbocycles. The van der Waals surface area contributed by atoms with Gasteiger partial charge < -0.3 is 14.6 Å².